The zero-order valence-electron chi connectivity index (χ0n) is 13.9. The van der Waals surface area contributed by atoms with Gasteiger partial charge in [0.05, 0.1) is 12.0 Å². The maximum Gasteiger partial charge on any atom is 0.363 e. The number of cyclic esters (lactones) is 1. The highest BCUT2D eigenvalue weighted by Gasteiger charge is 2.26. The number of rotatable bonds is 4. The second-order valence-electron chi connectivity index (χ2n) is 5.48. The fourth-order valence-corrected chi connectivity index (χ4v) is 2.82. The van der Waals surface area contributed by atoms with E-state index in [4.69, 9.17) is 9.47 Å². The lowest BCUT2D eigenvalue weighted by Gasteiger charge is -2.04. The van der Waals surface area contributed by atoms with E-state index >= 15 is 0 Å². The number of methoxy groups -OCH3 is 1. The predicted molar refractivity (Wildman–Crippen MR) is 99.1 cm³/mol. The van der Waals surface area contributed by atoms with Crippen LogP contribution in [0.25, 0.3) is 6.08 Å². The van der Waals surface area contributed by atoms with Crippen LogP contribution in [0.15, 0.2) is 51.6 Å². The maximum atomic E-state index is 12.1. The highest BCUT2D eigenvalue weighted by atomic mass is 79.9. The molecule has 0 fully saturated rings. The topological polar surface area (TPSA) is 91.0 Å². The van der Waals surface area contributed by atoms with E-state index in [-0.39, 0.29) is 17.3 Å². The number of ether oxygens (including phenoxy) is 2. The molecule has 2 aromatic carbocycles. The first-order valence-electron chi connectivity index (χ1n) is 7.50. The molecule has 7 nitrogen and oxygen atoms in total. The second kappa shape index (κ2) is 7.09. The third-order valence-corrected chi connectivity index (χ3v) is 4.25. The van der Waals surface area contributed by atoms with Crippen LogP contribution in [0.5, 0.6) is 5.75 Å². The Morgan fingerprint density at radius 1 is 1.27 bits per heavy atom. The molecule has 0 aromatic heterocycles. The number of esters is 1. The normalized spacial score (nSPS) is 15.0. The van der Waals surface area contributed by atoms with E-state index in [2.05, 4.69) is 20.9 Å². The van der Waals surface area contributed by atoms with Gasteiger partial charge in [-0.15, -0.1) is 0 Å². The molecule has 0 bridgehead atoms. The van der Waals surface area contributed by atoms with E-state index in [1.807, 2.05) is 6.07 Å². The molecule has 0 aliphatic carbocycles. The Labute approximate surface area is 157 Å². The van der Waals surface area contributed by atoms with Crippen LogP contribution in [0.1, 0.15) is 16.7 Å². The summed E-state index contributed by atoms with van der Waals surface area (Å²) in [6.07, 6.45) is 1.54. The molecule has 0 unspecified atom stereocenters. The molecule has 0 spiro atoms. The Bertz CT molecular complexity index is 982. The molecular weight excluding hydrogens is 404 g/mol. The lowest BCUT2D eigenvalue weighted by Crippen LogP contribution is -2.06. The Morgan fingerprint density at radius 2 is 2.04 bits per heavy atom. The van der Waals surface area contributed by atoms with Crippen molar-refractivity contribution >= 4 is 39.6 Å². The number of benzene rings is 2. The summed E-state index contributed by atoms with van der Waals surface area (Å²) in [4.78, 5) is 26.9. The quantitative estimate of drug-likeness (QED) is 0.324. The van der Waals surface area contributed by atoms with Gasteiger partial charge in [-0.25, -0.2) is 9.79 Å². The smallest absolute Gasteiger partial charge is 0.363 e. The zero-order valence-corrected chi connectivity index (χ0v) is 15.4. The first kappa shape index (κ1) is 17.8. The number of carbonyl (C=O) groups is 1. The number of nitrogens with zero attached hydrogens (tertiary/aromatic N) is 2. The number of aryl methyl sites for hydroxylation is 1. The third kappa shape index (κ3) is 3.50. The van der Waals surface area contributed by atoms with Gasteiger partial charge in [0.1, 0.15) is 5.75 Å². The van der Waals surface area contributed by atoms with Gasteiger partial charge in [0.25, 0.3) is 5.69 Å². The fraction of sp³-hybridized carbons (Fsp3) is 0.111. The van der Waals surface area contributed by atoms with E-state index < -0.39 is 10.9 Å². The molecule has 1 heterocycles. The van der Waals surface area contributed by atoms with E-state index in [1.54, 1.807) is 37.3 Å². The van der Waals surface area contributed by atoms with Crippen molar-refractivity contribution in [1.82, 2.24) is 0 Å². The summed E-state index contributed by atoms with van der Waals surface area (Å²) in [6.45, 7) is 1.63. The van der Waals surface area contributed by atoms with Crippen molar-refractivity contribution in [3.8, 4) is 5.75 Å². The van der Waals surface area contributed by atoms with Gasteiger partial charge in [0, 0.05) is 27.2 Å². The average molecular weight is 417 g/mol. The van der Waals surface area contributed by atoms with Gasteiger partial charge in [-0.05, 0) is 37.3 Å². The summed E-state index contributed by atoms with van der Waals surface area (Å²) >= 11 is 3.37. The van der Waals surface area contributed by atoms with Crippen LogP contribution in [-0.2, 0) is 9.53 Å². The van der Waals surface area contributed by atoms with Crippen molar-refractivity contribution in [2.75, 3.05) is 7.11 Å². The van der Waals surface area contributed by atoms with Crippen LogP contribution in [0.2, 0.25) is 0 Å². The second-order valence-corrected chi connectivity index (χ2v) is 6.40. The first-order valence-corrected chi connectivity index (χ1v) is 8.30. The van der Waals surface area contributed by atoms with Crippen molar-refractivity contribution in [3.05, 3.63) is 73.4 Å². The Hall–Kier alpha value is -3.00. The molecule has 1 aliphatic heterocycles. The monoisotopic (exact) mass is 416 g/mol. The minimum absolute atomic E-state index is 0.0262. The Balaban J connectivity index is 2.01. The highest BCUT2D eigenvalue weighted by Crippen LogP contribution is 2.28. The van der Waals surface area contributed by atoms with Crippen LogP contribution in [0, 0.1) is 17.0 Å². The fourth-order valence-electron chi connectivity index (χ4n) is 2.44. The summed E-state index contributed by atoms with van der Waals surface area (Å²) in [6, 6.07) is 9.89. The number of aliphatic imine (C=N–C) groups is 1. The van der Waals surface area contributed by atoms with Gasteiger partial charge < -0.3 is 9.47 Å². The standard InChI is InChI=1S/C18H13BrN2O5/c1-10-3-4-11(9-15(10)21(23)24)17-20-14(18(22)26-17)8-12-7-13(19)5-6-16(12)25-2/h3-9H,1-2H3/b14-8-. The predicted octanol–water partition coefficient (Wildman–Crippen LogP) is 4.02. The van der Waals surface area contributed by atoms with E-state index in [0.29, 0.717) is 22.4 Å². The van der Waals surface area contributed by atoms with Crippen LogP contribution in [0.3, 0.4) is 0 Å². The summed E-state index contributed by atoms with van der Waals surface area (Å²) < 4.78 is 11.3. The van der Waals surface area contributed by atoms with E-state index in [0.717, 1.165) is 4.47 Å². The molecule has 0 radical (unpaired) electrons. The SMILES string of the molecule is COc1ccc(Br)cc1/C=C1\N=C(c2ccc(C)c([N+](=O)[O-])c2)OC1=O. The van der Waals surface area contributed by atoms with Crippen molar-refractivity contribution < 1.29 is 19.2 Å². The molecule has 132 valence electrons. The first-order chi connectivity index (χ1) is 12.4. The van der Waals surface area contributed by atoms with Crippen molar-refractivity contribution in [2.45, 2.75) is 6.92 Å². The molecule has 26 heavy (non-hydrogen) atoms. The lowest BCUT2D eigenvalue weighted by molar-refractivity contribution is -0.385. The van der Waals surface area contributed by atoms with Crippen molar-refractivity contribution in [1.29, 1.82) is 0 Å². The lowest BCUT2D eigenvalue weighted by atomic mass is 10.1. The van der Waals surface area contributed by atoms with Gasteiger partial charge in [-0.1, -0.05) is 22.0 Å². The Kier molecular flexibility index (Phi) is 4.85. The molecule has 8 heteroatoms. The Morgan fingerprint density at radius 3 is 2.73 bits per heavy atom. The number of nitro groups is 1. The minimum atomic E-state index is -0.634. The molecular formula is C18H13BrN2O5. The van der Waals surface area contributed by atoms with Crippen LogP contribution < -0.4 is 4.74 Å². The third-order valence-electron chi connectivity index (χ3n) is 3.76. The highest BCUT2D eigenvalue weighted by molar-refractivity contribution is 9.10. The van der Waals surface area contributed by atoms with Gasteiger partial charge in [0.2, 0.25) is 5.90 Å². The van der Waals surface area contributed by atoms with Gasteiger partial charge in [-0.3, -0.25) is 10.1 Å². The summed E-state index contributed by atoms with van der Waals surface area (Å²) in [5, 5.41) is 11.1. The van der Waals surface area contributed by atoms with E-state index in [1.165, 1.54) is 13.2 Å². The molecule has 2 aromatic rings. The molecule has 0 saturated heterocycles. The summed E-state index contributed by atoms with van der Waals surface area (Å²) in [5.74, 6) is -0.0355. The summed E-state index contributed by atoms with van der Waals surface area (Å²) in [7, 11) is 1.53. The van der Waals surface area contributed by atoms with E-state index in [9.17, 15) is 14.9 Å². The molecule has 0 amide bonds. The molecule has 0 atom stereocenters. The number of nitro benzene ring substituents is 1. The number of halogens is 1. The molecule has 1 aliphatic rings. The molecule has 0 saturated carbocycles. The van der Waals surface area contributed by atoms with Crippen molar-refractivity contribution in [2.24, 2.45) is 4.99 Å². The van der Waals surface area contributed by atoms with Gasteiger partial charge >= 0.3 is 5.97 Å². The number of hydrogen-bond acceptors (Lipinski definition) is 6. The maximum absolute atomic E-state index is 12.1. The van der Waals surface area contributed by atoms with Gasteiger partial charge in [0.15, 0.2) is 5.70 Å². The number of carbonyl (C=O) groups excluding carboxylic acids is 1. The zero-order chi connectivity index (χ0) is 18.8. The average Bonchev–Trinajstić information content (AvgIpc) is 2.96. The summed E-state index contributed by atoms with van der Waals surface area (Å²) in [5.41, 5.74) is 1.54. The molecule has 0 N–H and O–H groups in total. The minimum Gasteiger partial charge on any atom is -0.496 e. The van der Waals surface area contributed by atoms with Crippen molar-refractivity contribution in [3.63, 3.8) is 0 Å². The van der Waals surface area contributed by atoms with Crippen LogP contribution >= 0.6 is 15.9 Å². The van der Waals surface area contributed by atoms with Crippen LogP contribution in [-0.4, -0.2) is 23.9 Å². The van der Waals surface area contributed by atoms with Crippen LogP contribution in [0.4, 0.5) is 5.69 Å². The van der Waals surface area contributed by atoms with Gasteiger partial charge in [-0.2, -0.15) is 0 Å². The molecule has 3 rings (SSSR count). The largest absolute Gasteiger partial charge is 0.496 e. The number of hydrogen-bond donors (Lipinski definition) is 0.